The van der Waals surface area contributed by atoms with E-state index in [2.05, 4.69) is 38.4 Å². The van der Waals surface area contributed by atoms with Gasteiger partial charge in [-0.25, -0.2) is 9.59 Å². The minimum absolute atomic E-state index is 0.0500. The molecule has 0 aliphatic heterocycles. The highest BCUT2D eigenvalue weighted by Crippen LogP contribution is 2.10. The number of hydrogen-bond donors (Lipinski definition) is 5. The third-order valence-electron chi connectivity index (χ3n) is 4.37. The van der Waals surface area contributed by atoms with Crippen LogP contribution >= 0.6 is 0 Å². The van der Waals surface area contributed by atoms with Gasteiger partial charge in [-0.05, 0) is 60.8 Å². The number of ether oxygens (including phenoxy) is 2. The molecule has 0 aromatic heterocycles. The maximum absolute atomic E-state index is 13.1. The van der Waals surface area contributed by atoms with Crippen LogP contribution in [0.3, 0.4) is 0 Å². The molecule has 38 heavy (non-hydrogen) atoms. The fraction of sp³-hybridized carbons (Fsp3) is 0.654. The van der Waals surface area contributed by atoms with Crippen LogP contribution in [0.1, 0.15) is 67.2 Å². The first-order valence-corrected chi connectivity index (χ1v) is 12.3. The van der Waals surface area contributed by atoms with Crippen LogP contribution in [-0.4, -0.2) is 72.8 Å². The van der Waals surface area contributed by atoms with Crippen molar-refractivity contribution < 1.29 is 33.4 Å². The Balaban J connectivity index is 5.35. The lowest BCUT2D eigenvalue weighted by Crippen LogP contribution is -2.55. The van der Waals surface area contributed by atoms with Crippen LogP contribution in [0.15, 0.2) is 0 Å². The number of hydrogen-bond acceptors (Lipinski definition) is 7. The van der Waals surface area contributed by atoms with Gasteiger partial charge in [-0.15, -0.1) is 12.8 Å². The first kappa shape index (κ1) is 34.1. The Kier molecular flexibility index (Phi) is 15.0. The predicted molar refractivity (Wildman–Crippen MR) is 141 cm³/mol. The van der Waals surface area contributed by atoms with Crippen molar-refractivity contribution in [1.82, 2.24) is 26.6 Å². The molecule has 0 heterocycles. The minimum atomic E-state index is -1.27. The highest BCUT2D eigenvalue weighted by atomic mass is 16.6. The molecule has 0 radical (unpaired) electrons. The van der Waals surface area contributed by atoms with Crippen molar-refractivity contribution in [2.24, 2.45) is 0 Å². The van der Waals surface area contributed by atoms with Gasteiger partial charge < -0.3 is 36.1 Å². The topological polar surface area (TPSA) is 164 Å². The Hall–Kier alpha value is -3.93. The summed E-state index contributed by atoms with van der Waals surface area (Å²) in [5.41, 5.74) is -1.44. The molecule has 0 aromatic rings. The van der Waals surface area contributed by atoms with E-state index in [9.17, 15) is 24.0 Å². The van der Waals surface area contributed by atoms with Crippen LogP contribution in [-0.2, 0) is 23.9 Å². The fourth-order valence-electron chi connectivity index (χ4n) is 2.85. The number of alkyl carbamates (subject to hydrolysis) is 2. The molecule has 0 fully saturated rings. The second-order valence-electron chi connectivity index (χ2n) is 10.3. The molecule has 0 spiro atoms. The van der Waals surface area contributed by atoms with Crippen LogP contribution in [0, 0.1) is 24.7 Å². The minimum Gasteiger partial charge on any atom is -0.444 e. The Bertz CT molecular complexity index is 907. The predicted octanol–water partition coefficient (Wildman–Crippen LogP) is 0.948. The lowest BCUT2D eigenvalue weighted by molar-refractivity contribution is -0.132. The van der Waals surface area contributed by atoms with Gasteiger partial charge in [0, 0.05) is 6.54 Å². The molecule has 0 bridgehead atoms. The van der Waals surface area contributed by atoms with E-state index in [0.29, 0.717) is 12.8 Å². The van der Waals surface area contributed by atoms with E-state index in [-0.39, 0.29) is 26.1 Å². The Morgan fingerprint density at radius 1 is 0.711 bits per heavy atom. The molecule has 0 aliphatic rings. The maximum atomic E-state index is 13.1. The standard InChI is InChI=1S/C26H41N5O7/c1-9-14-27-20(32)17-19(21(33)28-15-10-2)30-22(34)18(31-24(36)38-26(6,7)8)13-11-12-16-29-23(35)37-25(3,4)5/h1-2,18-19H,11-17H2,3-8H3,(H,27,32)(H,28,33)(H,29,35)(H,30,34)(H,31,36)/t18-,19-/m0/s1. The van der Waals surface area contributed by atoms with Crippen molar-refractivity contribution in [2.75, 3.05) is 19.6 Å². The van der Waals surface area contributed by atoms with Crippen LogP contribution in [0.2, 0.25) is 0 Å². The summed E-state index contributed by atoms with van der Waals surface area (Å²) in [5, 5.41) is 12.5. The van der Waals surface area contributed by atoms with Crippen molar-refractivity contribution in [2.45, 2.75) is 90.5 Å². The van der Waals surface area contributed by atoms with Crippen LogP contribution in [0.4, 0.5) is 9.59 Å². The van der Waals surface area contributed by atoms with E-state index in [1.165, 1.54) is 0 Å². The molecular formula is C26H41N5O7. The molecule has 0 saturated carbocycles. The summed E-state index contributed by atoms with van der Waals surface area (Å²) >= 11 is 0. The molecule has 0 saturated heterocycles. The molecule has 212 valence electrons. The molecule has 0 aliphatic carbocycles. The second kappa shape index (κ2) is 16.7. The number of carbonyl (C=O) groups is 5. The zero-order valence-corrected chi connectivity index (χ0v) is 23.1. The van der Waals surface area contributed by atoms with E-state index in [4.69, 9.17) is 22.3 Å². The first-order valence-electron chi connectivity index (χ1n) is 12.3. The van der Waals surface area contributed by atoms with E-state index < -0.39 is 59.6 Å². The van der Waals surface area contributed by atoms with Crippen molar-refractivity contribution in [1.29, 1.82) is 0 Å². The molecule has 5 amide bonds. The summed E-state index contributed by atoms with van der Waals surface area (Å²) in [7, 11) is 0. The summed E-state index contributed by atoms with van der Waals surface area (Å²) < 4.78 is 10.4. The van der Waals surface area contributed by atoms with Gasteiger partial charge in [0.05, 0.1) is 19.5 Å². The molecule has 2 atom stereocenters. The monoisotopic (exact) mass is 535 g/mol. The molecule has 0 unspecified atom stereocenters. The summed E-state index contributed by atoms with van der Waals surface area (Å²) in [6.07, 6.45) is 9.56. The van der Waals surface area contributed by atoms with E-state index in [1.807, 2.05) is 0 Å². The Morgan fingerprint density at radius 3 is 1.82 bits per heavy atom. The summed E-state index contributed by atoms with van der Waals surface area (Å²) in [5.74, 6) is 2.54. The number of rotatable bonds is 13. The quantitative estimate of drug-likeness (QED) is 0.173. The average Bonchev–Trinajstić information content (AvgIpc) is 2.77. The van der Waals surface area contributed by atoms with Crippen LogP contribution in [0.5, 0.6) is 0 Å². The molecule has 0 rings (SSSR count). The zero-order chi connectivity index (χ0) is 29.4. The van der Waals surface area contributed by atoms with E-state index >= 15 is 0 Å². The first-order chi connectivity index (χ1) is 17.6. The van der Waals surface area contributed by atoms with Gasteiger partial charge in [0.25, 0.3) is 0 Å². The molecule has 5 N–H and O–H groups in total. The number of unbranched alkanes of at least 4 members (excludes halogenated alkanes) is 1. The van der Waals surface area contributed by atoms with E-state index in [1.54, 1.807) is 41.5 Å². The number of terminal acetylenes is 2. The van der Waals surface area contributed by atoms with Gasteiger partial charge in [0.1, 0.15) is 23.3 Å². The summed E-state index contributed by atoms with van der Waals surface area (Å²) in [4.78, 5) is 61.9. The van der Waals surface area contributed by atoms with Crippen molar-refractivity contribution in [3.63, 3.8) is 0 Å². The van der Waals surface area contributed by atoms with Crippen molar-refractivity contribution in [3.05, 3.63) is 0 Å². The van der Waals surface area contributed by atoms with Crippen molar-refractivity contribution in [3.8, 4) is 24.7 Å². The summed E-state index contributed by atoms with van der Waals surface area (Å²) in [6, 6.07) is -2.37. The van der Waals surface area contributed by atoms with Gasteiger partial charge in [-0.1, -0.05) is 11.8 Å². The molecule has 0 aromatic carbocycles. The van der Waals surface area contributed by atoms with E-state index in [0.717, 1.165) is 0 Å². The maximum Gasteiger partial charge on any atom is 0.408 e. The highest BCUT2D eigenvalue weighted by molar-refractivity contribution is 5.94. The number of carbonyl (C=O) groups excluding carboxylic acids is 5. The molecule has 12 nitrogen and oxygen atoms in total. The average molecular weight is 536 g/mol. The number of amides is 5. The van der Waals surface area contributed by atoms with Crippen molar-refractivity contribution >= 4 is 29.9 Å². The van der Waals surface area contributed by atoms with Gasteiger partial charge in [-0.2, -0.15) is 0 Å². The molecule has 12 heteroatoms. The van der Waals surface area contributed by atoms with Crippen LogP contribution in [0.25, 0.3) is 0 Å². The lowest BCUT2D eigenvalue weighted by atomic mass is 10.1. The smallest absolute Gasteiger partial charge is 0.408 e. The van der Waals surface area contributed by atoms with Crippen LogP contribution < -0.4 is 26.6 Å². The zero-order valence-electron chi connectivity index (χ0n) is 23.1. The Labute approximate surface area is 225 Å². The third kappa shape index (κ3) is 17.5. The lowest BCUT2D eigenvalue weighted by Gasteiger charge is -2.25. The normalized spacial score (nSPS) is 12.4. The van der Waals surface area contributed by atoms with Gasteiger partial charge >= 0.3 is 12.2 Å². The van der Waals surface area contributed by atoms with Gasteiger partial charge in [0.2, 0.25) is 17.7 Å². The largest absolute Gasteiger partial charge is 0.444 e. The highest BCUT2D eigenvalue weighted by Gasteiger charge is 2.29. The van der Waals surface area contributed by atoms with Gasteiger partial charge in [0.15, 0.2) is 0 Å². The SMILES string of the molecule is C#CCNC(=O)C[C@H](NC(=O)[C@H](CCCCNC(=O)OC(C)(C)C)NC(=O)OC(C)(C)C)C(=O)NCC#C. The molecular weight excluding hydrogens is 494 g/mol. The fourth-order valence-corrected chi connectivity index (χ4v) is 2.85. The third-order valence-corrected chi connectivity index (χ3v) is 4.37. The number of nitrogens with one attached hydrogen (secondary N) is 5. The Morgan fingerprint density at radius 2 is 1.26 bits per heavy atom. The van der Waals surface area contributed by atoms with Gasteiger partial charge in [-0.3, -0.25) is 14.4 Å². The summed E-state index contributed by atoms with van der Waals surface area (Å²) in [6.45, 7) is 10.4. The second-order valence-corrected chi connectivity index (χ2v) is 10.3.